The van der Waals surface area contributed by atoms with Crippen molar-refractivity contribution in [2.24, 2.45) is 0 Å². The van der Waals surface area contributed by atoms with Crippen molar-refractivity contribution >= 4 is 44.3 Å². The van der Waals surface area contributed by atoms with Gasteiger partial charge in [-0.1, -0.05) is 49.6 Å². The highest BCUT2D eigenvalue weighted by molar-refractivity contribution is 7.89. The first-order valence-electron chi connectivity index (χ1n) is 17.2. The zero-order valence-corrected chi connectivity index (χ0v) is 29.1. The minimum atomic E-state index is -3.31. The fourth-order valence-electron chi connectivity index (χ4n) is 6.85. The topological polar surface area (TPSA) is 140 Å². The van der Waals surface area contributed by atoms with Crippen molar-refractivity contribution in [3.05, 3.63) is 81.9 Å². The summed E-state index contributed by atoms with van der Waals surface area (Å²) in [7, 11) is -3.31. The largest absolute Gasteiger partial charge is 0.377 e. The van der Waals surface area contributed by atoms with Crippen LogP contribution in [0.1, 0.15) is 79.4 Å². The van der Waals surface area contributed by atoms with Gasteiger partial charge in [0.1, 0.15) is 11.5 Å². The lowest BCUT2D eigenvalue weighted by atomic mass is 10.0. The summed E-state index contributed by atoms with van der Waals surface area (Å²) in [5, 5.41) is 3.85. The van der Waals surface area contributed by atoms with Crippen molar-refractivity contribution in [1.82, 2.24) is 23.8 Å². The first-order chi connectivity index (χ1) is 23.7. The van der Waals surface area contributed by atoms with E-state index in [2.05, 4.69) is 20.2 Å². The first-order valence-corrected chi connectivity index (χ1v) is 18.8. The van der Waals surface area contributed by atoms with E-state index < -0.39 is 10.0 Å². The van der Waals surface area contributed by atoms with Gasteiger partial charge >= 0.3 is 0 Å². The van der Waals surface area contributed by atoms with Crippen LogP contribution in [0.3, 0.4) is 0 Å². The smallest absolute Gasteiger partial charge is 0.263 e. The second-order valence-corrected chi connectivity index (χ2v) is 15.0. The lowest BCUT2D eigenvalue weighted by Crippen LogP contribution is -2.49. The highest BCUT2D eigenvalue weighted by Crippen LogP contribution is 2.32. The Morgan fingerprint density at radius 1 is 0.959 bits per heavy atom. The number of benzene rings is 1. The average molecular weight is 688 g/mol. The number of ketones is 1. The van der Waals surface area contributed by atoms with Gasteiger partial charge in [0.15, 0.2) is 5.78 Å². The number of unbranched alkanes of at least 4 members (excludes halogenated alkanes) is 2. The molecule has 12 nitrogen and oxygen atoms in total. The molecule has 2 fully saturated rings. The van der Waals surface area contributed by atoms with Crippen LogP contribution in [0.4, 0.5) is 17.5 Å². The van der Waals surface area contributed by atoms with Gasteiger partial charge in [-0.15, -0.1) is 0 Å². The van der Waals surface area contributed by atoms with Crippen LogP contribution in [0, 0.1) is 6.92 Å². The summed E-state index contributed by atoms with van der Waals surface area (Å²) in [6.45, 7) is 6.42. The molecule has 0 unspecified atom stereocenters. The molecular formula is C36H45N7O5S. The van der Waals surface area contributed by atoms with Crippen molar-refractivity contribution in [3.63, 3.8) is 0 Å². The second kappa shape index (κ2) is 15.6. The summed E-state index contributed by atoms with van der Waals surface area (Å²) in [5.74, 6) is 0.755. The highest BCUT2D eigenvalue weighted by atomic mass is 32.2. The van der Waals surface area contributed by atoms with Gasteiger partial charge in [-0.2, -0.15) is 9.29 Å². The van der Waals surface area contributed by atoms with Crippen LogP contribution in [0.2, 0.25) is 0 Å². The number of fused-ring (bicyclic) bond motifs is 1. The number of hydrogen-bond donors (Lipinski definition) is 1. The third-order valence-corrected chi connectivity index (χ3v) is 11.5. The van der Waals surface area contributed by atoms with Gasteiger partial charge in [-0.3, -0.25) is 14.2 Å². The summed E-state index contributed by atoms with van der Waals surface area (Å²) in [6, 6.07) is 13.8. The fourth-order valence-corrected chi connectivity index (χ4v) is 8.40. The van der Waals surface area contributed by atoms with Crippen LogP contribution in [-0.2, 0) is 21.4 Å². The number of Topliss-reactive ketones (excluding diaryl/α,β-unsaturated/α-hetero) is 1. The van der Waals surface area contributed by atoms with Crippen molar-refractivity contribution in [3.8, 4) is 0 Å². The van der Waals surface area contributed by atoms with Gasteiger partial charge in [0.05, 0.1) is 29.8 Å². The monoisotopic (exact) mass is 687 g/mol. The van der Waals surface area contributed by atoms with Gasteiger partial charge in [0.25, 0.3) is 5.56 Å². The Morgan fingerprint density at radius 3 is 2.41 bits per heavy atom. The van der Waals surface area contributed by atoms with Crippen molar-refractivity contribution in [2.75, 3.05) is 48.8 Å². The van der Waals surface area contributed by atoms with Gasteiger partial charge in [-0.05, 0) is 62.8 Å². The second-order valence-electron chi connectivity index (χ2n) is 12.9. The molecule has 13 heteroatoms. The van der Waals surface area contributed by atoms with E-state index in [1.807, 2.05) is 42.5 Å². The molecule has 0 bridgehead atoms. The number of pyridine rings is 2. The van der Waals surface area contributed by atoms with E-state index in [-0.39, 0.29) is 28.7 Å². The Labute approximate surface area is 287 Å². The quantitative estimate of drug-likeness (QED) is 0.136. The van der Waals surface area contributed by atoms with E-state index in [1.54, 1.807) is 28.2 Å². The number of aryl methyl sites for hydroxylation is 1. The van der Waals surface area contributed by atoms with E-state index in [9.17, 15) is 18.0 Å². The van der Waals surface area contributed by atoms with E-state index in [0.717, 1.165) is 49.8 Å². The molecule has 0 amide bonds. The molecular weight excluding hydrogens is 643 g/mol. The Bertz CT molecular complexity index is 1920. The summed E-state index contributed by atoms with van der Waals surface area (Å²) < 4.78 is 35.0. The molecule has 3 aromatic heterocycles. The number of carbonyl (C=O) groups excluding carboxylic acids is 1. The Kier molecular flexibility index (Phi) is 11.0. The molecule has 1 aliphatic heterocycles. The maximum absolute atomic E-state index is 13.5. The van der Waals surface area contributed by atoms with Gasteiger partial charge in [0, 0.05) is 50.4 Å². The molecule has 4 aromatic rings. The maximum Gasteiger partial charge on any atom is 0.263 e. The van der Waals surface area contributed by atoms with Crippen LogP contribution in [0.5, 0.6) is 0 Å². The summed E-state index contributed by atoms with van der Waals surface area (Å²) >= 11 is 0. The molecule has 1 saturated heterocycles. The Hall–Kier alpha value is -4.20. The zero-order chi connectivity index (χ0) is 34.4. The Morgan fingerprint density at radius 2 is 1.71 bits per heavy atom. The molecule has 0 radical (unpaired) electrons. The van der Waals surface area contributed by atoms with Gasteiger partial charge in [0.2, 0.25) is 16.0 Å². The van der Waals surface area contributed by atoms with Crippen molar-refractivity contribution in [2.45, 2.75) is 71.4 Å². The van der Waals surface area contributed by atoms with E-state index in [0.29, 0.717) is 74.2 Å². The molecule has 1 aromatic carbocycles. The predicted molar refractivity (Wildman–Crippen MR) is 191 cm³/mol. The van der Waals surface area contributed by atoms with Crippen LogP contribution >= 0.6 is 0 Å². The third-order valence-electron chi connectivity index (χ3n) is 9.54. The van der Waals surface area contributed by atoms with Crippen LogP contribution in [-0.4, -0.2) is 76.6 Å². The molecule has 1 saturated carbocycles. The number of sulfonamides is 1. The molecule has 1 aliphatic carbocycles. The van der Waals surface area contributed by atoms with Gasteiger partial charge in [-0.25, -0.2) is 18.4 Å². The lowest BCUT2D eigenvalue weighted by Gasteiger charge is -2.35. The van der Waals surface area contributed by atoms with Crippen molar-refractivity contribution in [1.29, 1.82) is 0 Å². The summed E-state index contributed by atoms with van der Waals surface area (Å²) in [4.78, 5) is 41.8. The molecule has 49 heavy (non-hydrogen) atoms. The number of piperazine rings is 1. The van der Waals surface area contributed by atoms with Crippen LogP contribution in [0.15, 0.2) is 59.7 Å². The SMILES string of the molecule is CC(=O)c1c(C)c2cnc(Nc3ccc(N4CCN(S(=O)(=O)CCCCCOCc5ccccc5)CC4)cn3)nc2n(C2CCCC2)c1=O. The average Bonchev–Trinajstić information content (AvgIpc) is 3.63. The van der Waals surface area contributed by atoms with Crippen LogP contribution < -0.4 is 15.8 Å². The Balaban J connectivity index is 1.01. The third kappa shape index (κ3) is 8.17. The van der Waals surface area contributed by atoms with Crippen molar-refractivity contribution < 1.29 is 17.9 Å². The number of nitrogens with one attached hydrogen (secondary N) is 1. The number of carbonyl (C=O) groups is 1. The van der Waals surface area contributed by atoms with Crippen LogP contribution in [0.25, 0.3) is 11.0 Å². The molecule has 1 N–H and O–H groups in total. The normalized spacial score (nSPS) is 16.0. The zero-order valence-electron chi connectivity index (χ0n) is 28.3. The molecule has 0 spiro atoms. The molecule has 6 rings (SSSR count). The molecule has 4 heterocycles. The first kappa shape index (κ1) is 34.7. The number of hydrogen-bond acceptors (Lipinski definition) is 10. The molecule has 2 aliphatic rings. The molecule has 260 valence electrons. The summed E-state index contributed by atoms with van der Waals surface area (Å²) in [5.41, 5.74) is 3.08. The lowest BCUT2D eigenvalue weighted by molar-refractivity contribution is 0.101. The fraction of sp³-hybridized carbons (Fsp3) is 0.472. The number of nitrogens with zero attached hydrogens (tertiary/aromatic N) is 6. The number of aromatic nitrogens is 4. The van der Waals surface area contributed by atoms with E-state index in [4.69, 9.17) is 9.72 Å². The summed E-state index contributed by atoms with van der Waals surface area (Å²) in [6.07, 6.45) is 9.50. The standard InChI is InChI=1S/C36H45N7O5S/c1-26-31-24-38-36(40-34(31)43(29-13-7-8-14-29)35(45)33(26)27(2)44)39-32-16-15-30(23-37-32)41-17-19-42(20-18-41)49(46,47)22-10-4-9-21-48-25-28-11-5-3-6-12-28/h3,5-6,11-12,15-16,23-24,29H,4,7-10,13-14,17-22,25H2,1-2H3,(H,37,38,39,40). The molecule has 0 atom stereocenters. The van der Waals surface area contributed by atoms with E-state index in [1.165, 1.54) is 6.92 Å². The minimum absolute atomic E-state index is 0.000207. The minimum Gasteiger partial charge on any atom is -0.377 e. The predicted octanol–water partition coefficient (Wildman–Crippen LogP) is 5.40. The van der Waals surface area contributed by atoms with E-state index >= 15 is 0 Å². The van der Waals surface area contributed by atoms with Gasteiger partial charge < -0.3 is 15.0 Å². The highest BCUT2D eigenvalue weighted by Gasteiger charge is 2.28. The number of rotatable bonds is 14. The maximum atomic E-state index is 13.5. The number of ether oxygens (including phenoxy) is 1. The number of anilines is 3.